The maximum absolute atomic E-state index is 12.1. The highest BCUT2D eigenvalue weighted by Crippen LogP contribution is 2.14. The van der Waals surface area contributed by atoms with Crippen LogP contribution < -0.4 is 0 Å². The van der Waals surface area contributed by atoms with E-state index in [2.05, 4.69) is 25.8 Å². The Labute approximate surface area is 115 Å². The first kappa shape index (κ1) is 13.9. The van der Waals surface area contributed by atoms with Crippen LogP contribution in [0.25, 0.3) is 0 Å². The van der Waals surface area contributed by atoms with Crippen LogP contribution in [0.2, 0.25) is 0 Å². The molecule has 0 spiro atoms. The first-order valence-electron chi connectivity index (χ1n) is 6.75. The van der Waals surface area contributed by atoms with Gasteiger partial charge in [0.25, 0.3) is 0 Å². The van der Waals surface area contributed by atoms with Gasteiger partial charge < -0.3 is 9.64 Å². The third-order valence-corrected chi connectivity index (χ3v) is 3.82. The van der Waals surface area contributed by atoms with E-state index in [1.54, 1.807) is 4.90 Å². The number of piperazine rings is 1. The smallest absolute Gasteiger partial charge is 0.410 e. The standard InChI is InChI=1S/C15H22N2O2/c1-12-9-17(10-13(2)16(12)3)15(18)19-11-14-7-5-4-6-8-14/h4-8,12-13H,9-11H2,1-3H3/t12-,13+. The molecule has 1 heterocycles. The molecule has 1 aromatic carbocycles. The van der Waals surface area contributed by atoms with Gasteiger partial charge in [0.1, 0.15) is 6.61 Å². The van der Waals surface area contributed by atoms with Crippen molar-refractivity contribution in [3.05, 3.63) is 35.9 Å². The molecule has 0 saturated carbocycles. The van der Waals surface area contributed by atoms with Crippen molar-refractivity contribution in [2.45, 2.75) is 32.5 Å². The highest BCUT2D eigenvalue weighted by molar-refractivity contribution is 5.67. The zero-order chi connectivity index (χ0) is 13.8. The molecule has 0 aromatic heterocycles. The van der Waals surface area contributed by atoms with E-state index in [0.29, 0.717) is 18.7 Å². The van der Waals surface area contributed by atoms with Crippen molar-refractivity contribution in [3.63, 3.8) is 0 Å². The van der Waals surface area contributed by atoms with Gasteiger partial charge in [0, 0.05) is 25.2 Å². The topological polar surface area (TPSA) is 32.8 Å². The lowest BCUT2D eigenvalue weighted by Crippen LogP contribution is -2.56. The molecule has 19 heavy (non-hydrogen) atoms. The molecule has 0 bridgehead atoms. The molecule has 0 aliphatic carbocycles. The fourth-order valence-electron chi connectivity index (χ4n) is 2.36. The summed E-state index contributed by atoms with van der Waals surface area (Å²) in [6.45, 7) is 6.07. The van der Waals surface area contributed by atoms with Gasteiger partial charge >= 0.3 is 6.09 Å². The van der Waals surface area contributed by atoms with Crippen molar-refractivity contribution in [2.75, 3.05) is 20.1 Å². The summed E-state index contributed by atoms with van der Waals surface area (Å²) in [6, 6.07) is 10.5. The van der Waals surface area contributed by atoms with Crippen molar-refractivity contribution in [1.82, 2.24) is 9.80 Å². The van der Waals surface area contributed by atoms with Gasteiger partial charge in [-0.25, -0.2) is 4.79 Å². The van der Waals surface area contributed by atoms with E-state index in [1.807, 2.05) is 30.3 Å². The van der Waals surface area contributed by atoms with Crippen molar-refractivity contribution < 1.29 is 9.53 Å². The lowest BCUT2D eigenvalue weighted by Gasteiger charge is -2.41. The van der Waals surface area contributed by atoms with E-state index in [9.17, 15) is 4.79 Å². The number of amides is 1. The molecular formula is C15H22N2O2. The minimum atomic E-state index is -0.212. The van der Waals surface area contributed by atoms with Gasteiger partial charge in [-0.05, 0) is 26.5 Å². The average molecular weight is 262 g/mol. The molecule has 1 saturated heterocycles. The lowest BCUT2D eigenvalue weighted by molar-refractivity contribution is 0.0379. The number of benzene rings is 1. The molecule has 1 aliphatic rings. The van der Waals surface area contributed by atoms with Gasteiger partial charge in [-0.2, -0.15) is 0 Å². The van der Waals surface area contributed by atoms with Gasteiger partial charge in [-0.3, -0.25) is 4.90 Å². The van der Waals surface area contributed by atoms with E-state index in [1.165, 1.54) is 0 Å². The Hall–Kier alpha value is -1.55. The molecule has 2 atom stereocenters. The summed E-state index contributed by atoms with van der Waals surface area (Å²) < 4.78 is 5.37. The van der Waals surface area contributed by atoms with Crippen LogP contribution in [-0.2, 0) is 11.3 Å². The van der Waals surface area contributed by atoms with Gasteiger partial charge in [0.15, 0.2) is 0 Å². The van der Waals surface area contributed by atoms with Crippen LogP contribution in [0.5, 0.6) is 0 Å². The van der Waals surface area contributed by atoms with Crippen LogP contribution in [0.15, 0.2) is 30.3 Å². The quantitative estimate of drug-likeness (QED) is 0.820. The van der Waals surface area contributed by atoms with E-state index in [4.69, 9.17) is 4.74 Å². The summed E-state index contributed by atoms with van der Waals surface area (Å²) in [5.74, 6) is 0. The van der Waals surface area contributed by atoms with Gasteiger partial charge in [-0.1, -0.05) is 30.3 Å². The normalized spacial score (nSPS) is 24.3. The molecule has 104 valence electrons. The summed E-state index contributed by atoms with van der Waals surface area (Å²) in [4.78, 5) is 16.2. The van der Waals surface area contributed by atoms with E-state index >= 15 is 0 Å². The third kappa shape index (κ3) is 3.47. The Morgan fingerprint density at radius 1 is 1.21 bits per heavy atom. The number of rotatable bonds is 2. The number of hydrogen-bond donors (Lipinski definition) is 0. The Morgan fingerprint density at radius 3 is 2.37 bits per heavy atom. The number of carbonyl (C=O) groups excluding carboxylic acids is 1. The van der Waals surface area contributed by atoms with Crippen molar-refractivity contribution >= 4 is 6.09 Å². The summed E-state index contributed by atoms with van der Waals surface area (Å²) in [5.41, 5.74) is 1.02. The number of ether oxygens (including phenoxy) is 1. The SMILES string of the molecule is C[C@@H]1CN(C(=O)OCc2ccccc2)C[C@H](C)N1C. The average Bonchev–Trinajstić information content (AvgIpc) is 2.42. The van der Waals surface area contributed by atoms with Crippen LogP contribution in [0.4, 0.5) is 4.79 Å². The Kier molecular flexibility index (Phi) is 4.43. The highest BCUT2D eigenvalue weighted by Gasteiger charge is 2.29. The number of nitrogens with zero attached hydrogens (tertiary/aromatic N) is 2. The number of hydrogen-bond acceptors (Lipinski definition) is 3. The van der Waals surface area contributed by atoms with Crippen molar-refractivity contribution in [1.29, 1.82) is 0 Å². The molecule has 1 fully saturated rings. The second-order valence-corrected chi connectivity index (χ2v) is 5.31. The second kappa shape index (κ2) is 6.06. The fraction of sp³-hybridized carbons (Fsp3) is 0.533. The molecule has 2 rings (SSSR count). The Morgan fingerprint density at radius 2 is 1.79 bits per heavy atom. The molecule has 4 heteroatoms. The number of carbonyl (C=O) groups is 1. The van der Waals surface area contributed by atoms with Crippen LogP contribution in [0, 0.1) is 0 Å². The summed E-state index contributed by atoms with van der Waals surface area (Å²) in [7, 11) is 2.10. The van der Waals surface area contributed by atoms with Crippen LogP contribution in [0.1, 0.15) is 19.4 Å². The highest BCUT2D eigenvalue weighted by atomic mass is 16.6. The monoisotopic (exact) mass is 262 g/mol. The predicted molar refractivity (Wildman–Crippen MR) is 74.9 cm³/mol. The van der Waals surface area contributed by atoms with Gasteiger partial charge in [-0.15, -0.1) is 0 Å². The Balaban J connectivity index is 1.87. The molecule has 0 N–H and O–H groups in total. The summed E-state index contributed by atoms with van der Waals surface area (Å²) in [5, 5.41) is 0. The maximum Gasteiger partial charge on any atom is 0.410 e. The van der Waals surface area contributed by atoms with E-state index in [0.717, 1.165) is 18.7 Å². The first-order chi connectivity index (χ1) is 9.08. The molecular weight excluding hydrogens is 240 g/mol. The zero-order valence-electron chi connectivity index (χ0n) is 11.9. The fourth-order valence-corrected chi connectivity index (χ4v) is 2.36. The molecule has 0 radical (unpaired) electrons. The molecule has 1 amide bonds. The van der Waals surface area contributed by atoms with Crippen molar-refractivity contribution in [2.24, 2.45) is 0 Å². The summed E-state index contributed by atoms with van der Waals surface area (Å²) in [6.07, 6.45) is -0.212. The lowest BCUT2D eigenvalue weighted by atomic mass is 10.1. The third-order valence-electron chi connectivity index (χ3n) is 3.82. The molecule has 0 unspecified atom stereocenters. The second-order valence-electron chi connectivity index (χ2n) is 5.31. The van der Waals surface area contributed by atoms with Gasteiger partial charge in [0.05, 0.1) is 0 Å². The first-order valence-corrected chi connectivity index (χ1v) is 6.75. The molecule has 4 nitrogen and oxygen atoms in total. The maximum atomic E-state index is 12.1. The van der Waals surface area contributed by atoms with E-state index < -0.39 is 0 Å². The zero-order valence-corrected chi connectivity index (χ0v) is 11.9. The summed E-state index contributed by atoms with van der Waals surface area (Å²) >= 11 is 0. The van der Waals surface area contributed by atoms with Crippen LogP contribution in [0.3, 0.4) is 0 Å². The van der Waals surface area contributed by atoms with Gasteiger partial charge in [0.2, 0.25) is 0 Å². The number of likely N-dealkylation sites (N-methyl/N-ethyl adjacent to an activating group) is 1. The van der Waals surface area contributed by atoms with Crippen LogP contribution in [-0.4, -0.2) is 48.1 Å². The van der Waals surface area contributed by atoms with Crippen LogP contribution >= 0.6 is 0 Å². The molecule has 1 aromatic rings. The predicted octanol–water partition coefficient (Wildman–Crippen LogP) is 2.35. The minimum Gasteiger partial charge on any atom is -0.445 e. The minimum absolute atomic E-state index is 0.212. The van der Waals surface area contributed by atoms with E-state index in [-0.39, 0.29) is 6.09 Å². The molecule has 1 aliphatic heterocycles. The van der Waals surface area contributed by atoms with Crippen molar-refractivity contribution in [3.8, 4) is 0 Å². The largest absolute Gasteiger partial charge is 0.445 e. The Bertz CT molecular complexity index is 409.